The van der Waals surface area contributed by atoms with E-state index in [1.54, 1.807) is 12.1 Å². The van der Waals surface area contributed by atoms with Crippen LogP contribution in [0.1, 0.15) is 10.5 Å². The summed E-state index contributed by atoms with van der Waals surface area (Å²) in [5.41, 5.74) is 7.01. The first-order chi connectivity index (χ1) is 9.63. The van der Waals surface area contributed by atoms with Gasteiger partial charge in [-0.05, 0) is 24.3 Å². The minimum Gasteiger partial charge on any atom is -0.476 e. The van der Waals surface area contributed by atoms with Crippen molar-refractivity contribution in [1.29, 1.82) is 0 Å². The standard InChI is InChI=1S/C11H8N6O2S/c12-11-15-14-9(20-11)6-1-3-7(4-2-6)17-5-8(10(18)19)13-16-17/h1-5H,(H2,12,15)(H,18,19). The Morgan fingerprint density at radius 1 is 1.20 bits per heavy atom. The van der Waals surface area contributed by atoms with Crippen molar-refractivity contribution in [2.75, 3.05) is 5.73 Å². The zero-order valence-corrected chi connectivity index (χ0v) is 10.8. The molecule has 0 saturated heterocycles. The molecule has 8 nitrogen and oxygen atoms in total. The van der Waals surface area contributed by atoms with E-state index < -0.39 is 5.97 Å². The molecule has 20 heavy (non-hydrogen) atoms. The molecule has 0 fully saturated rings. The van der Waals surface area contributed by atoms with Crippen molar-refractivity contribution in [2.24, 2.45) is 0 Å². The van der Waals surface area contributed by atoms with Crippen molar-refractivity contribution in [2.45, 2.75) is 0 Å². The fraction of sp³-hybridized carbons (Fsp3) is 0. The van der Waals surface area contributed by atoms with Gasteiger partial charge in [0.05, 0.1) is 11.9 Å². The van der Waals surface area contributed by atoms with E-state index in [1.807, 2.05) is 12.1 Å². The summed E-state index contributed by atoms with van der Waals surface area (Å²) in [6, 6.07) is 7.23. The maximum Gasteiger partial charge on any atom is 0.358 e. The summed E-state index contributed by atoms with van der Waals surface area (Å²) >= 11 is 1.29. The molecule has 0 amide bonds. The van der Waals surface area contributed by atoms with Crippen LogP contribution in [-0.2, 0) is 0 Å². The molecule has 3 rings (SSSR count). The van der Waals surface area contributed by atoms with Crippen LogP contribution in [-0.4, -0.2) is 36.3 Å². The van der Waals surface area contributed by atoms with Gasteiger partial charge in [0.25, 0.3) is 0 Å². The lowest BCUT2D eigenvalue weighted by molar-refractivity contribution is 0.0690. The number of aromatic carboxylic acids is 1. The van der Waals surface area contributed by atoms with Crippen LogP contribution in [0, 0.1) is 0 Å². The van der Waals surface area contributed by atoms with Crippen LogP contribution in [0.5, 0.6) is 0 Å². The van der Waals surface area contributed by atoms with Crippen LogP contribution in [0.25, 0.3) is 16.3 Å². The van der Waals surface area contributed by atoms with Crippen molar-refractivity contribution in [3.8, 4) is 16.3 Å². The van der Waals surface area contributed by atoms with Crippen LogP contribution >= 0.6 is 11.3 Å². The molecule has 0 bridgehead atoms. The molecule has 9 heteroatoms. The number of nitrogens with two attached hydrogens (primary N) is 1. The number of nitrogens with zero attached hydrogens (tertiary/aromatic N) is 5. The fourth-order valence-corrected chi connectivity index (χ4v) is 2.21. The summed E-state index contributed by atoms with van der Waals surface area (Å²) in [6.45, 7) is 0. The summed E-state index contributed by atoms with van der Waals surface area (Å²) in [5.74, 6) is -1.11. The number of carboxylic acid groups (broad SMARTS) is 1. The first-order valence-corrected chi connectivity index (χ1v) is 6.30. The first kappa shape index (κ1) is 12.2. The Morgan fingerprint density at radius 2 is 1.95 bits per heavy atom. The maximum atomic E-state index is 10.7. The Morgan fingerprint density at radius 3 is 2.50 bits per heavy atom. The van der Waals surface area contributed by atoms with Crippen molar-refractivity contribution >= 4 is 22.4 Å². The van der Waals surface area contributed by atoms with E-state index in [0.717, 1.165) is 10.6 Å². The molecule has 0 spiro atoms. The van der Waals surface area contributed by atoms with Crippen molar-refractivity contribution < 1.29 is 9.90 Å². The summed E-state index contributed by atoms with van der Waals surface area (Å²) in [6.07, 6.45) is 1.35. The third-order valence-corrected chi connectivity index (χ3v) is 3.33. The maximum absolute atomic E-state index is 10.7. The molecule has 0 saturated carbocycles. The monoisotopic (exact) mass is 288 g/mol. The predicted octanol–water partition coefficient (Wildman–Crippen LogP) is 1.07. The lowest BCUT2D eigenvalue weighted by Crippen LogP contribution is -1.96. The highest BCUT2D eigenvalue weighted by Gasteiger charge is 2.10. The Labute approximate surface area is 116 Å². The van der Waals surface area contributed by atoms with Crippen LogP contribution < -0.4 is 5.73 Å². The number of hydrogen-bond donors (Lipinski definition) is 2. The van der Waals surface area contributed by atoms with Gasteiger partial charge in [-0.25, -0.2) is 9.48 Å². The molecule has 2 heterocycles. The van der Waals surface area contributed by atoms with E-state index in [1.165, 1.54) is 22.2 Å². The zero-order chi connectivity index (χ0) is 14.1. The number of carboxylic acids is 1. The molecule has 100 valence electrons. The fourth-order valence-electron chi connectivity index (χ4n) is 1.60. The van der Waals surface area contributed by atoms with Crippen molar-refractivity contribution in [3.63, 3.8) is 0 Å². The van der Waals surface area contributed by atoms with Gasteiger partial charge < -0.3 is 10.8 Å². The highest BCUT2D eigenvalue weighted by molar-refractivity contribution is 7.18. The van der Waals surface area contributed by atoms with E-state index in [9.17, 15) is 4.79 Å². The van der Waals surface area contributed by atoms with Crippen LogP contribution in [0.4, 0.5) is 5.13 Å². The van der Waals surface area contributed by atoms with Gasteiger partial charge in [0, 0.05) is 5.56 Å². The molecule has 1 aromatic carbocycles. The van der Waals surface area contributed by atoms with E-state index in [0.29, 0.717) is 10.8 Å². The average molecular weight is 288 g/mol. The van der Waals surface area contributed by atoms with Crippen LogP contribution in [0.2, 0.25) is 0 Å². The van der Waals surface area contributed by atoms with Crippen molar-refractivity contribution in [1.82, 2.24) is 25.2 Å². The second-order valence-corrected chi connectivity index (χ2v) is 4.85. The van der Waals surface area contributed by atoms with Crippen LogP contribution in [0.15, 0.2) is 30.5 Å². The van der Waals surface area contributed by atoms with Gasteiger partial charge in [-0.3, -0.25) is 0 Å². The zero-order valence-electron chi connectivity index (χ0n) is 9.96. The van der Waals surface area contributed by atoms with E-state index in [-0.39, 0.29) is 5.69 Å². The van der Waals surface area contributed by atoms with Gasteiger partial charge in [-0.1, -0.05) is 16.6 Å². The third-order valence-electron chi connectivity index (χ3n) is 2.53. The summed E-state index contributed by atoms with van der Waals surface area (Å²) < 4.78 is 1.39. The summed E-state index contributed by atoms with van der Waals surface area (Å²) in [4.78, 5) is 10.7. The lowest BCUT2D eigenvalue weighted by Gasteiger charge is -2.00. The molecular weight excluding hydrogens is 280 g/mol. The first-order valence-electron chi connectivity index (χ1n) is 5.49. The van der Waals surface area contributed by atoms with Gasteiger partial charge in [-0.2, -0.15) is 0 Å². The lowest BCUT2D eigenvalue weighted by atomic mass is 10.2. The number of carbonyl (C=O) groups is 1. The molecule has 2 aromatic heterocycles. The number of benzene rings is 1. The van der Waals surface area contributed by atoms with Gasteiger partial charge in [0.1, 0.15) is 5.01 Å². The van der Waals surface area contributed by atoms with Crippen LogP contribution in [0.3, 0.4) is 0 Å². The Kier molecular flexibility index (Phi) is 2.88. The molecule has 3 aromatic rings. The molecule has 0 aliphatic rings. The number of rotatable bonds is 3. The second-order valence-electron chi connectivity index (χ2n) is 3.85. The minimum absolute atomic E-state index is 0.106. The molecule has 0 aliphatic carbocycles. The Bertz CT molecular complexity index is 763. The molecule has 0 radical (unpaired) electrons. The Hall–Kier alpha value is -2.81. The number of hydrogen-bond acceptors (Lipinski definition) is 7. The number of aromatic nitrogens is 5. The topological polar surface area (TPSA) is 120 Å². The molecule has 0 atom stereocenters. The Balaban J connectivity index is 1.90. The quantitative estimate of drug-likeness (QED) is 0.739. The molecular formula is C11H8N6O2S. The number of nitrogen functional groups attached to an aromatic ring is 1. The smallest absolute Gasteiger partial charge is 0.358 e. The largest absolute Gasteiger partial charge is 0.476 e. The van der Waals surface area contributed by atoms with E-state index in [2.05, 4.69) is 20.5 Å². The van der Waals surface area contributed by atoms with Gasteiger partial charge in [0.15, 0.2) is 5.69 Å². The van der Waals surface area contributed by atoms with E-state index >= 15 is 0 Å². The highest BCUT2D eigenvalue weighted by atomic mass is 32.1. The predicted molar refractivity (Wildman–Crippen MR) is 71.6 cm³/mol. The number of anilines is 1. The minimum atomic E-state index is -1.11. The SMILES string of the molecule is Nc1nnc(-c2ccc(-n3cc(C(=O)O)nn3)cc2)s1. The average Bonchev–Trinajstić information content (AvgIpc) is 3.08. The second kappa shape index (κ2) is 4.70. The molecule has 0 aliphatic heterocycles. The van der Waals surface area contributed by atoms with E-state index in [4.69, 9.17) is 10.8 Å². The molecule has 3 N–H and O–H groups in total. The summed E-state index contributed by atoms with van der Waals surface area (Å²) in [7, 11) is 0. The third kappa shape index (κ3) is 2.21. The van der Waals surface area contributed by atoms with Gasteiger partial charge in [0.2, 0.25) is 5.13 Å². The van der Waals surface area contributed by atoms with Gasteiger partial charge >= 0.3 is 5.97 Å². The highest BCUT2D eigenvalue weighted by Crippen LogP contribution is 2.25. The van der Waals surface area contributed by atoms with Crippen molar-refractivity contribution in [3.05, 3.63) is 36.2 Å². The molecule has 0 unspecified atom stereocenters. The van der Waals surface area contributed by atoms with Gasteiger partial charge in [-0.15, -0.1) is 15.3 Å². The summed E-state index contributed by atoms with van der Waals surface area (Å²) in [5, 5.41) is 24.9. The normalized spacial score (nSPS) is 10.6.